The molecule has 0 spiro atoms. The van der Waals surface area contributed by atoms with Crippen molar-refractivity contribution < 1.29 is 8.42 Å². The summed E-state index contributed by atoms with van der Waals surface area (Å²) < 4.78 is 28.6. The molecule has 0 saturated heterocycles. The van der Waals surface area contributed by atoms with Crippen molar-refractivity contribution in [3.05, 3.63) is 29.8 Å². The summed E-state index contributed by atoms with van der Waals surface area (Å²) in [7, 11) is -2.16. The molecule has 0 atom stereocenters. The molecule has 0 radical (unpaired) electrons. The second kappa shape index (κ2) is 5.48. The molecular weight excluding hydrogens is 288 g/mol. The highest BCUT2D eigenvalue weighted by Gasteiger charge is 2.25. The largest absolute Gasteiger partial charge is 0.345 e. The van der Waals surface area contributed by atoms with Crippen molar-refractivity contribution >= 4 is 27.6 Å². The molecular formula is C14H20N4O2S. The van der Waals surface area contributed by atoms with Gasteiger partial charge in [-0.05, 0) is 29.5 Å². The van der Waals surface area contributed by atoms with Crippen molar-refractivity contribution in [1.29, 1.82) is 0 Å². The summed E-state index contributed by atoms with van der Waals surface area (Å²) in [6, 6.07) is 7.85. The zero-order valence-electron chi connectivity index (χ0n) is 12.6. The van der Waals surface area contributed by atoms with E-state index in [9.17, 15) is 8.42 Å². The number of amidine groups is 2. The summed E-state index contributed by atoms with van der Waals surface area (Å²) in [6.45, 7) is 6.56. The number of benzene rings is 1. The average Bonchev–Trinajstić information content (AvgIpc) is 2.64. The van der Waals surface area contributed by atoms with E-state index in [-0.39, 0.29) is 17.1 Å². The van der Waals surface area contributed by atoms with Gasteiger partial charge in [0, 0.05) is 12.7 Å². The molecule has 0 unspecified atom stereocenters. The van der Waals surface area contributed by atoms with Crippen LogP contribution in [0, 0.1) is 5.41 Å². The molecule has 0 amide bonds. The van der Waals surface area contributed by atoms with Crippen molar-refractivity contribution in [2.45, 2.75) is 27.2 Å². The number of nitrogens with one attached hydrogen (secondary N) is 2. The van der Waals surface area contributed by atoms with Gasteiger partial charge in [-0.25, -0.2) is 4.72 Å². The maximum Gasteiger partial charge on any atom is 0.345 e. The lowest BCUT2D eigenvalue weighted by atomic mass is 9.88. The topological polar surface area (TPSA) is 82.9 Å². The first-order valence-corrected chi connectivity index (χ1v) is 8.08. The van der Waals surface area contributed by atoms with E-state index in [0.717, 1.165) is 12.1 Å². The Bertz CT molecular complexity index is 683. The summed E-state index contributed by atoms with van der Waals surface area (Å²) in [6.07, 6.45) is 0.978. The van der Waals surface area contributed by atoms with Gasteiger partial charge in [-0.15, -0.1) is 4.40 Å². The van der Waals surface area contributed by atoms with Crippen molar-refractivity contribution in [3.63, 3.8) is 0 Å². The molecule has 6 nitrogen and oxygen atoms in total. The third-order valence-electron chi connectivity index (χ3n) is 2.84. The Labute approximate surface area is 125 Å². The van der Waals surface area contributed by atoms with Crippen LogP contribution in [0.3, 0.4) is 0 Å². The maximum atomic E-state index is 11.4. The quantitative estimate of drug-likeness (QED) is 0.876. The Balaban J connectivity index is 2.14. The highest BCUT2D eigenvalue weighted by Crippen LogP contribution is 2.21. The maximum absolute atomic E-state index is 11.4. The first-order chi connectivity index (χ1) is 9.68. The van der Waals surface area contributed by atoms with Gasteiger partial charge in [-0.1, -0.05) is 32.9 Å². The normalized spacial score (nSPS) is 19.2. The van der Waals surface area contributed by atoms with Crippen LogP contribution in [0.2, 0.25) is 0 Å². The molecule has 0 aliphatic carbocycles. The van der Waals surface area contributed by atoms with Gasteiger partial charge in [-0.2, -0.15) is 8.42 Å². The summed E-state index contributed by atoms with van der Waals surface area (Å²) in [5.41, 5.74) is 2.23. The van der Waals surface area contributed by atoms with Crippen LogP contribution in [-0.4, -0.2) is 27.1 Å². The van der Waals surface area contributed by atoms with Crippen molar-refractivity contribution in [2.24, 2.45) is 14.8 Å². The van der Waals surface area contributed by atoms with Crippen LogP contribution in [0.4, 0.5) is 5.69 Å². The molecule has 114 valence electrons. The van der Waals surface area contributed by atoms with Crippen molar-refractivity contribution in [2.75, 3.05) is 12.4 Å². The van der Waals surface area contributed by atoms with E-state index in [0.29, 0.717) is 0 Å². The zero-order valence-corrected chi connectivity index (χ0v) is 13.5. The fraction of sp³-hybridized carbons (Fsp3) is 0.429. The molecule has 1 aromatic carbocycles. The summed E-state index contributed by atoms with van der Waals surface area (Å²) in [4.78, 5) is 3.86. The smallest absolute Gasteiger partial charge is 0.336 e. The van der Waals surface area contributed by atoms with Crippen LogP contribution in [0.15, 0.2) is 33.7 Å². The molecule has 2 rings (SSSR count). The second-order valence-corrected chi connectivity index (χ2v) is 7.49. The number of anilines is 1. The highest BCUT2D eigenvalue weighted by molar-refractivity contribution is 7.89. The third kappa shape index (κ3) is 4.29. The van der Waals surface area contributed by atoms with Crippen molar-refractivity contribution in [3.8, 4) is 0 Å². The number of aliphatic imine (C=N–C) groups is 1. The summed E-state index contributed by atoms with van der Waals surface area (Å²) >= 11 is 0. The van der Waals surface area contributed by atoms with Crippen LogP contribution >= 0.6 is 0 Å². The minimum Gasteiger partial charge on any atom is -0.336 e. The van der Waals surface area contributed by atoms with Crippen LogP contribution in [-0.2, 0) is 16.6 Å². The fourth-order valence-corrected chi connectivity index (χ4v) is 2.90. The van der Waals surface area contributed by atoms with E-state index in [1.54, 1.807) is 0 Å². The van der Waals surface area contributed by atoms with Gasteiger partial charge in [0.2, 0.25) is 0 Å². The minimum absolute atomic E-state index is 0.209. The average molecular weight is 308 g/mol. The van der Waals surface area contributed by atoms with E-state index in [2.05, 4.69) is 40.2 Å². The van der Waals surface area contributed by atoms with E-state index < -0.39 is 10.2 Å². The summed E-state index contributed by atoms with van der Waals surface area (Å²) in [5, 5.41) is 2.97. The van der Waals surface area contributed by atoms with Gasteiger partial charge in [0.25, 0.3) is 0 Å². The number of hydrogen-bond donors (Lipinski definition) is 2. The molecule has 1 aliphatic heterocycles. The predicted molar refractivity (Wildman–Crippen MR) is 86.1 cm³/mol. The number of nitrogens with zero attached hydrogens (tertiary/aromatic N) is 2. The molecule has 7 heteroatoms. The zero-order chi connectivity index (χ0) is 15.7. The first-order valence-electron chi connectivity index (χ1n) is 6.64. The first kappa shape index (κ1) is 15.5. The molecule has 2 N–H and O–H groups in total. The monoisotopic (exact) mass is 308 g/mol. The van der Waals surface area contributed by atoms with E-state index in [4.69, 9.17) is 0 Å². The van der Waals surface area contributed by atoms with Gasteiger partial charge < -0.3 is 5.32 Å². The van der Waals surface area contributed by atoms with Gasteiger partial charge in [0.15, 0.2) is 11.7 Å². The van der Waals surface area contributed by atoms with Gasteiger partial charge in [0.1, 0.15) is 0 Å². The molecule has 1 aliphatic rings. The van der Waals surface area contributed by atoms with Crippen molar-refractivity contribution in [1.82, 2.24) is 4.72 Å². The fourth-order valence-electron chi connectivity index (χ4n) is 2.05. The van der Waals surface area contributed by atoms with E-state index in [1.807, 2.05) is 24.3 Å². The van der Waals surface area contributed by atoms with E-state index in [1.165, 1.54) is 12.6 Å². The van der Waals surface area contributed by atoms with Gasteiger partial charge in [-0.3, -0.25) is 4.99 Å². The van der Waals surface area contributed by atoms with Gasteiger partial charge in [0.05, 0.1) is 0 Å². The molecule has 1 heterocycles. The summed E-state index contributed by atoms with van der Waals surface area (Å²) in [5.74, 6) is 0.426. The van der Waals surface area contributed by atoms with Crippen LogP contribution < -0.4 is 10.0 Å². The number of rotatable bonds is 2. The molecule has 0 bridgehead atoms. The SMILES string of the molecule is CN=C1NS(=O)(=O)N=C1Nc1ccc(CC(C)(C)C)cc1. The van der Waals surface area contributed by atoms with Crippen LogP contribution in [0.5, 0.6) is 0 Å². The number of hydrogen-bond acceptors (Lipinski definition) is 4. The minimum atomic E-state index is -3.66. The lowest BCUT2D eigenvalue weighted by Crippen LogP contribution is -2.30. The Morgan fingerprint density at radius 3 is 2.38 bits per heavy atom. The molecule has 1 aromatic rings. The predicted octanol–water partition coefficient (Wildman–Crippen LogP) is 1.96. The lowest BCUT2D eigenvalue weighted by molar-refractivity contribution is 0.411. The molecule has 0 saturated carbocycles. The van der Waals surface area contributed by atoms with E-state index >= 15 is 0 Å². The molecule has 0 fully saturated rings. The van der Waals surface area contributed by atoms with Gasteiger partial charge >= 0.3 is 10.2 Å². The Morgan fingerprint density at radius 2 is 1.86 bits per heavy atom. The Hall–Kier alpha value is -1.89. The Morgan fingerprint density at radius 1 is 1.24 bits per heavy atom. The third-order valence-corrected chi connectivity index (χ3v) is 3.71. The molecule has 0 aromatic heterocycles. The molecule has 21 heavy (non-hydrogen) atoms. The Kier molecular flexibility index (Phi) is 4.04. The highest BCUT2D eigenvalue weighted by atomic mass is 32.2. The van der Waals surface area contributed by atoms with Crippen LogP contribution in [0.1, 0.15) is 26.3 Å². The lowest BCUT2D eigenvalue weighted by Gasteiger charge is -2.18. The second-order valence-electron chi connectivity index (χ2n) is 6.15. The standard InChI is InChI=1S/C14H20N4O2S/c1-14(2,3)9-10-5-7-11(8-6-10)16-13-12(15-4)17-21(19,20)18-13/h5-8H,9H2,1-4H3,(H,15,17)(H,16,18). The van der Waals surface area contributed by atoms with Crippen LogP contribution in [0.25, 0.3) is 0 Å².